The van der Waals surface area contributed by atoms with Crippen LogP contribution < -0.4 is 10.5 Å². The van der Waals surface area contributed by atoms with Gasteiger partial charge in [0.15, 0.2) is 0 Å². The Hall–Kier alpha value is -1.94. The van der Waals surface area contributed by atoms with E-state index in [0.717, 1.165) is 24.6 Å². The highest BCUT2D eigenvalue weighted by Gasteiger charge is 2.29. The molecule has 2 aromatic rings. The third-order valence-corrected chi connectivity index (χ3v) is 3.56. The molecule has 4 heteroatoms. The molecule has 0 spiro atoms. The summed E-state index contributed by atoms with van der Waals surface area (Å²) in [6.07, 6.45) is 4.27. The van der Waals surface area contributed by atoms with Crippen molar-refractivity contribution in [2.24, 2.45) is 0 Å². The van der Waals surface area contributed by atoms with Crippen molar-refractivity contribution in [1.82, 2.24) is 4.90 Å². The van der Waals surface area contributed by atoms with Gasteiger partial charge in [0.25, 0.3) is 0 Å². The van der Waals surface area contributed by atoms with Crippen molar-refractivity contribution < 1.29 is 9.15 Å². The highest BCUT2D eigenvalue weighted by molar-refractivity contribution is 5.51. The molecule has 4 nitrogen and oxygen atoms in total. The zero-order valence-corrected chi connectivity index (χ0v) is 11.5. The molecule has 0 unspecified atom stereocenters. The van der Waals surface area contributed by atoms with Crippen LogP contribution in [0.5, 0.6) is 5.75 Å². The molecule has 0 aliphatic heterocycles. The summed E-state index contributed by atoms with van der Waals surface area (Å²) in [4.78, 5) is 2.41. The van der Waals surface area contributed by atoms with Gasteiger partial charge in [-0.15, -0.1) is 0 Å². The molecular weight excluding hydrogens is 252 g/mol. The van der Waals surface area contributed by atoms with E-state index in [0.29, 0.717) is 18.3 Å². The topological polar surface area (TPSA) is 51.6 Å². The Bertz CT molecular complexity index is 535. The fourth-order valence-corrected chi connectivity index (χ4v) is 2.32. The summed E-state index contributed by atoms with van der Waals surface area (Å²) in [5.41, 5.74) is 6.56. The quantitative estimate of drug-likeness (QED) is 0.787. The van der Waals surface area contributed by atoms with Crippen LogP contribution in [0.3, 0.4) is 0 Å². The second-order valence-corrected chi connectivity index (χ2v) is 5.17. The molecule has 1 saturated carbocycles. The molecule has 1 heterocycles. The number of furan rings is 1. The molecule has 0 atom stereocenters. The number of ether oxygens (including phenoxy) is 1. The summed E-state index contributed by atoms with van der Waals surface area (Å²) in [6, 6.07) is 12.2. The van der Waals surface area contributed by atoms with Crippen LogP contribution in [0.1, 0.15) is 18.6 Å². The van der Waals surface area contributed by atoms with Crippen molar-refractivity contribution in [2.75, 3.05) is 18.9 Å². The summed E-state index contributed by atoms with van der Waals surface area (Å²) < 4.78 is 11.2. The van der Waals surface area contributed by atoms with Gasteiger partial charge in [-0.05, 0) is 37.1 Å². The molecular formula is C16H20N2O2. The second kappa shape index (κ2) is 6.01. The lowest BCUT2D eigenvalue weighted by Crippen LogP contribution is -2.30. The summed E-state index contributed by atoms with van der Waals surface area (Å²) in [5.74, 6) is 1.78. The van der Waals surface area contributed by atoms with Gasteiger partial charge in [-0.2, -0.15) is 0 Å². The molecule has 1 aromatic heterocycles. The predicted molar refractivity (Wildman–Crippen MR) is 78.5 cm³/mol. The van der Waals surface area contributed by atoms with Crippen molar-refractivity contribution >= 4 is 5.69 Å². The maximum Gasteiger partial charge on any atom is 0.142 e. The third kappa shape index (κ3) is 3.33. The van der Waals surface area contributed by atoms with Gasteiger partial charge < -0.3 is 14.9 Å². The lowest BCUT2D eigenvalue weighted by atomic mass is 10.3. The molecule has 1 aliphatic carbocycles. The molecule has 1 fully saturated rings. The van der Waals surface area contributed by atoms with E-state index in [2.05, 4.69) is 4.90 Å². The van der Waals surface area contributed by atoms with Crippen LogP contribution in [0.25, 0.3) is 0 Å². The number of hydrogen-bond donors (Lipinski definition) is 1. The van der Waals surface area contributed by atoms with E-state index in [9.17, 15) is 0 Å². The lowest BCUT2D eigenvalue weighted by Gasteiger charge is -2.21. The first-order valence-electron chi connectivity index (χ1n) is 7.06. The standard InChI is InChI=1S/C16H20N2O2/c17-15-5-1-2-6-16(15)20-11-9-18(13-7-8-13)12-14-4-3-10-19-14/h1-6,10,13H,7-9,11-12,17H2. The van der Waals surface area contributed by atoms with Crippen LogP contribution in [0.15, 0.2) is 47.1 Å². The highest BCUT2D eigenvalue weighted by Crippen LogP contribution is 2.28. The number of nitrogens with zero attached hydrogens (tertiary/aromatic N) is 1. The van der Waals surface area contributed by atoms with Gasteiger partial charge in [0.05, 0.1) is 18.5 Å². The summed E-state index contributed by atoms with van der Waals surface area (Å²) >= 11 is 0. The normalized spacial score (nSPS) is 14.7. The Morgan fingerprint density at radius 2 is 2.05 bits per heavy atom. The fourth-order valence-electron chi connectivity index (χ4n) is 2.32. The average molecular weight is 272 g/mol. The molecule has 20 heavy (non-hydrogen) atoms. The highest BCUT2D eigenvalue weighted by atomic mass is 16.5. The van der Waals surface area contributed by atoms with E-state index in [1.54, 1.807) is 6.26 Å². The van der Waals surface area contributed by atoms with E-state index in [1.165, 1.54) is 12.8 Å². The van der Waals surface area contributed by atoms with Crippen molar-refractivity contribution in [1.29, 1.82) is 0 Å². The first-order valence-corrected chi connectivity index (χ1v) is 7.06. The number of nitrogens with two attached hydrogens (primary N) is 1. The van der Waals surface area contributed by atoms with Gasteiger partial charge in [0.1, 0.15) is 18.1 Å². The van der Waals surface area contributed by atoms with E-state index in [-0.39, 0.29) is 0 Å². The molecule has 1 aliphatic rings. The smallest absolute Gasteiger partial charge is 0.142 e. The van der Waals surface area contributed by atoms with E-state index in [4.69, 9.17) is 14.9 Å². The van der Waals surface area contributed by atoms with Gasteiger partial charge in [0, 0.05) is 12.6 Å². The van der Waals surface area contributed by atoms with Crippen molar-refractivity contribution in [3.05, 3.63) is 48.4 Å². The zero-order valence-electron chi connectivity index (χ0n) is 11.5. The van der Waals surface area contributed by atoms with Crippen LogP contribution in [0.4, 0.5) is 5.69 Å². The molecule has 0 bridgehead atoms. The Morgan fingerprint density at radius 3 is 2.75 bits per heavy atom. The van der Waals surface area contributed by atoms with E-state index in [1.807, 2.05) is 36.4 Å². The number of para-hydroxylation sites is 2. The monoisotopic (exact) mass is 272 g/mol. The summed E-state index contributed by atoms with van der Waals surface area (Å²) in [5, 5.41) is 0. The van der Waals surface area contributed by atoms with Crippen molar-refractivity contribution in [3.63, 3.8) is 0 Å². The number of benzene rings is 1. The number of nitrogen functional groups attached to an aromatic ring is 1. The van der Waals surface area contributed by atoms with Crippen molar-refractivity contribution in [3.8, 4) is 5.75 Å². The SMILES string of the molecule is Nc1ccccc1OCCN(Cc1ccco1)C1CC1. The first-order chi connectivity index (χ1) is 9.83. The third-order valence-electron chi connectivity index (χ3n) is 3.56. The largest absolute Gasteiger partial charge is 0.490 e. The van der Waals surface area contributed by atoms with Crippen LogP contribution in [-0.2, 0) is 6.54 Å². The molecule has 106 valence electrons. The molecule has 0 radical (unpaired) electrons. The molecule has 0 amide bonds. The van der Waals surface area contributed by atoms with E-state index < -0.39 is 0 Å². The Morgan fingerprint density at radius 1 is 1.20 bits per heavy atom. The minimum absolute atomic E-state index is 0.644. The Balaban J connectivity index is 1.51. The molecule has 3 rings (SSSR count). The lowest BCUT2D eigenvalue weighted by molar-refractivity contribution is 0.185. The maximum atomic E-state index is 5.87. The van der Waals surface area contributed by atoms with Crippen LogP contribution in [-0.4, -0.2) is 24.1 Å². The van der Waals surface area contributed by atoms with Gasteiger partial charge >= 0.3 is 0 Å². The van der Waals surface area contributed by atoms with Crippen molar-refractivity contribution in [2.45, 2.75) is 25.4 Å². The number of hydrogen-bond acceptors (Lipinski definition) is 4. The second-order valence-electron chi connectivity index (χ2n) is 5.17. The van der Waals surface area contributed by atoms with Gasteiger partial charge in [-0.25, -0.2) is 0 Å². The summed E-state index contributed by atoms with van der Waals surface area (Å²) in [6.45, 7) is 2.39. The van der Waals surface area contributed by atoms with Gasteiger partial charge in [-0.3, -0.25) is 4.90 Å². The minimum atomic E-state index is 0.644. The molecule has 0 saturated heterocycles. The minimum Gasteiger partial charge on any atom is -0.490 e. The first kappa shape index (κ1) is 13.1. The fraction of sp³-hybridized carbons (Fsp3) is 0.375. The summed E-state index contributed by atoms with van der Waals surface area (Å²) in [7, 11) is 0. The van der Waals surface area contributed by atoms with Crippen LogP contribution in [0.2, 0.25) is 0 Å². The predicted octanol–water partition coefficient (Wildman–Crippen LogP) is 2.91. The zero-order chi connectivity index (χ0) is 13.8. The van der Waals surface area contributed by atoms with Crippen LogP contribution >= 0.6 is 0 Å². The molecule has 2 N–H and O–H groups in total. The Kier molecular flexibility index (Phi) is 3.92. The number of anilines is 1. The van der Waals surface area contributed by atoms with Crippen LogP contribution in [0, 0.1) is 0 Å². The average Bonchev–Trinajstić information content (AvgIpc) is 3.18. The number of rotatable bonds is 7. The molecule has 1 aromatic carbocycles. The Labute approximate surface area is 119 Å². The maximum absolute atomic E-state index is 5.87. The van der Waals surface area contributed by atoms with Gasteiger partial charge in [-0.1, -0.05) is 12.1 Å². The van der Waals surface area contributed by atoms with E-state index >= 15 is 0 Å². The van der Waals surface area contributed by atoms with Gasteiger partial charge in [0.2, 0.25) is 0 Å².